The van der Waals surface area contributed by atoms with Gasteiger partial charge in [-0.05, 0) is 25.0 Å². The van der Waals surface area contributed by atoms with E-state index in [4.69, 9.17) is 4.74 Å². The van der Waals surface area contributed by atoms with E-state index in [0.717, 1.165) is 31.1 Å². The molecule has 2 aromatic rings. The maximum absolute atomic E-state index is 5.46. The lowest BCUT2D eigenvalue weighted by molar-refractivity contribution is 0.0875. The third-order valence-electron chi connectivity index (χ3n) is 2.94. The maximum atomic E-state index is 5.46. The van der Waals surface area contributed by atoms with Crippen LogP contribution in [0.5, 0.6) is 0 Å². The Hall–Kier alpha value is -1.55. The lowest BCUT2D eigenvalue weighted by Gasteiger charge is -2.24. The Balaban J connectivity index is 1.85. The first-order valence-corrected chi connectivity index (χ1v) is 5.70. The van der Waals surface area contributed by atoms with E-state index in [1.807, 2.05) is 24.5 Å². The highest BCUT2D eigenvalue weighted by molar-refractivity contribution is 5.50. The standard InChI is InChI=1S/C12H15N3O/c1-4-11-13-6-7-15(11)12(5-1)14-10-3-2-8-16-9-10/h1,4-7,10,14H,2-3,8-9H2. The van der Waals surface area contributed by atoms with Crippen molar-refractivity contribution < 1.29 is 4.74 Å². The summed E-state index contributed by atoms with van der Waals surface area (Å²) in [6.07, 6.45) is 6.10. The van der Waals surface area contributed by atoms with E-state index < -0.39 is 0 Å². The van der Waals surface area contributed by atoms with E-state index in [-0.39, 0.29) is 0 Å². The van der Waals surface area contributed by atoms with Crippen LogP contribution in [0.3, 0.4) is 0 Å². The van der Waals surface area contributed by atoms with Gasteiger partial charge < -0.3 is 10.1 Å². The van der Waals surface area contributed by atoms with Crippen LogP contribution >= 0.6 is 0 Å². The summed E-state index contributed by atoms with van der Waals surface area (Å²) in [6, 6.07) is 6.52. The van der Waals surface area contributed by atoms with E-state index in [2.05, 4.69) is 20.8 Å². The minimum absolute atomic E-state index is 0.418. The smallest absolute Gasteiger partial charge is 0.138 e. The number of nitrogens with one attached hydrogen (secondary N) is 1. The number of hydrogen-bond acceptors (Lipinski definition) is 3. The molecule has 0 amide bonds. The molecule has 1 N–H and O–H groups in total. The van der Waals surface area contributed by atoms with Gasteiger partial charge in [0.1, 0.15) is 11.5 Å². The molecule has 84 valence electrons. The number of hydrogen-bond donors (Lipinski definition) is 1. The zero-order valence-electron chi connectivity index (χ0n) is 9.10. The fourth-order valence-electron chi connectivity index (χ4n) is 2.13. The topological polar surface area (TPSA) is 38.6 Å². The molecule has 3 rings (SSSR count). The molecule has 0 radical (unpaired) electrons. The number of anilines is 1. The highest BCUT2D eigenvalue weighted by atomic mass is 16.5. The van der Waals surface area contributed by atoms with Crippen LogP contribution in [0, 0.1) is 0 Å². The van der Waals surface area contributed by atoms with Gasteiger partial charge in [-0.1, -0.05) is 6.07 Å². The van der Waals surface area contributed by atoms with Crippen molar-refractivity contribution >= 4 is 11.5 Å². The molecule has 0 spiro atoms. The van der Waals surface area contributed by atoms with E-state index >= 15 is 0 Å². The third-order valence-corrected chi connectivity index (χ3v) is 2.94. The lowest BCUT2D eigenvalue weighted by Crippen LogP contribution is -2.30. The summed E-state index contributed by atoms with van der Waals surface area (Å²) in [6.45, 7) is 1.69. The van der Waals surface area contributed by atoms with Gasteiger partial charge in [0, 0.05) is 19.0 Å². The number of pyridine rings is 1. The first-order chi connectivity index (χ1) is 7.93. The minimum atomic E-state index is 0.418. The van der Waals surface area contributed by atoms with Gasteiger partial charge in [0.25, 0.3) is 0 Å². The van der Waals surface area contributed by atoms with Crippen molar-refractivity contribution in [3.8, 4) is 0 Å². The first kappa shape index (κ1) is 9.66. The highest BCUT2D eigenvalue weighted by Gasteiger charge is 2.14. The van der Waals surface area contributed by atoms with Crippen molar-refractivity contribution in [3.05, 3.63) is 30.6 Å². The minimum Gasteiger partial charge on any atom is -0.379 e. The Morgan fingerprint density at radius 3 is 3.31 bits per heavy atom. The largest absolute Gasteiger partial charge is 0.379 e. The van der Waals surface area contributed by atoms with Crippen LogP contribution in [0.1, 0.15) is 12.8 Å². The fourth-order valence-corrected chi connectivity index (χ4v) is 2.13. The van der Waals surface area contributed by atoms with Crippen LogP contribution in [0.4, 0.5) is 5.82 Å². The molecule has 1 fully saturated rings. The molecule has 1 aliphatic rings. The first-order valence-electron chi connectivity index (χ1n) is 5.70. The molecule has 0 saturated carbocycles. The van der Waals surface area contributed by atoms with Crippen molar-refractivity contribution in [3.63, 3.8) is 0 Å². The Morgan fingerprint density at radius 2 is 2.44 bits per heavy atom. The SMILES string of the molecule is c1cc(NC2CCCOC2)n2ccnc2c1. The van der Waals surface area contributed by atoms with E-state index in [0.29, 0.717) is 6.04 Å². The molecule has 4 heteroatoms. The molecule has 0 bridgehead atoms. The van der Waals surface area contributed by atoms with Gasteiger partial charge in [-0.3, -0.25) is 4.40 Å². The molecule has 0 aromatic carbocycles. The van der Waals surface area contributed by atoms with Crippen LogP contribution in [-0.2, 0) is 4.74 Å². The van der Waals surface area contributed by atoms with E-state index in [1.165, 1.54) is 6.42 Å². The van der Waals surface area contributed by atoms with Gasteiger partial charge in [0.15, 0.2) is 0 Å². The summed E-state index contributed by atoms with van der Waals surface area (Å²) >= 11 is 0. The zero-order chi connectivity index (χ0) is 10.8. The van der Waals surface area contributed by atoms with Crippen LogP contribution in [0.15, 0.2) is 30.6 Å². The van der Waals surface area contributed by atoms with Gasteiger partial charge in [-0.25, -0.2) is 4.98 Å². The van der Waals surface area contributed by atoms with Crippen LogP contribution in [-0.4, -0.2) is 28.6 Å². The molecule has 3 heterocycles. The molecule has 1 atom stereocenters. The highest BCUT2D eigenvalue weighted by Crippen LogP contribution is 2.15. The van der Waals surface area contributed by atoms with Crippen molar-refractivity contribution in [2.75, 3.05) is 18.5 Å². The molecule has 2 aromatic heterocycles. The van der Waals surface area contributed by atoms with Gasteiger partial charge in [0.05, 0.1) is 12.6 Å². The van der Waals surface area contributed by atoms with E-state index in [1.54, 1.807) is 0 Å². The van der Waals surface area contributed by atoms with Crippen molar-refractivity contribution in [1.29, 1.82) is 0 Å². The van der Waals surface area contributed by atoms with Crippen LogP contribution < -0.4 is 5.32 Å². The zero-order valence-corrected chi connectivity index (χ0v) is 9.10. The summed E-state index contributed by atoms with van der Waals surface area (Å²) in [5, 5.41) is 3.51. The van der Waals surface area contributed by atoms with Gasteiger partial charge in [-0.15, -0.1) is 0 Å². The summed E-state index contributed by atoms with van der Waals surface area (Å²) in [5.74, 6) is 1.09. The van der Waals surface area contributed by atoms with Crippen molar-refractivity contribution in [2.24, 2.45) is 0 Å². The second-order valence-electron chi connectivity index (χ2n) is 4.12. The predicted octanol–water partition coefficient (Wildman–Crippen LogP) is 1.93. The molecular formula is C12H15N3O. The Labute approximate surface area is 94.3 Å². The lowest BCUT2D eigenvalue weighted by atomic mass is 10.1. The summed E-state index contributed by atoms with van der Waals surface area (Å²) < 4.78 is 7.52. The number of rotatable bonds is 2. The van der Waals surface area contributed by atoms with E-state index in [9.17, 15) is 0 Å². The van der Waals surface area contributed by atoms with Gasteiger partial charge >= 0.3 is 0 Å². The molecule has 1 unspecified atom stereocenters. The summed E-state index contributed by atoms with van der Waals surface area (Å²) in [4.78, 5) is 4.26. The monoisotopic (exact) mass is 217 g/mol. The second kappa shape index (κ2) is 4.14. The Bertz CT molecular complexity index is 474. The second-order valence-corrected chi connectivity index (χ2v) is 4.12. The molecular weight excluding hydrogens is 202 g/mol. The number of nitrogens with zero attached hydrogens (tertiary/aromatic N) is 2. The van der Waals surface area contributed by atoms with Crippen molar-refractivity contribution in [2.45, 2.75) is 18.9 Å². The van der Waals surface area contributed by atoms with Crippen LogP contribution in [0.25, 0.3) is 5.65 Å². The Kier molecular flexibility index (Phi) is 2.50. The average Bonchev–Trinajstić information content (AvgIpc) is 2.80. The predicted molar refractivity (Wildman–Crippen MR) is 62.7 cm³/mol. The number of fused-ring (bicyclic) bond motifs is 1. The third kappa shape index (κ3) is 1.76. The van der Waals surface area contributed by atoms with Gasteiger partial charge in [-0.2, -0.15) is 0 Å². The molecule has 1 aliphatic heterocycles. The quantitative estimate of drug-likeness (QED) is 0.835. The molecule has 1 saturated heterocycles. The van der Waals surface area contributed by atoms with Crippen LogP contribution in [0.2, 0.25) is 0 Å². The maximum Gasteiger partial charge on any atom is 0.138 e. The molecule has 0 aliphatic carbocycles. The number of imidazole rings is 1. The molecule has 16 heavy (non-hydrogen) atoms. The van der Waals surface area contributed by atoms with Gasteiger partial charge in [0.2, 0.25) is 0 Å². The van der Waals surface area contributed by atoms with Crippen molar-refractivity contribution in [1.82, 2.24) is 9.38 Å². The molecule has 4 nitrogen and oxygen atoms in total. The normalized spacial score (nSPS) is 21.1. The fraction of sp³-hybridized carbons (Fsp3) is 0.417. The number of ether oxygens (including phenoxy) is 1. The average molecular weight is 217 g/mol. The number of aromatic nitrogens is 2. The summed E-state index contributed by atoms with van der Waals surface area (Å²) in [7, 11) is 0. The Morgan fingerprint density at radius 1 is 1.44 bits per heavy atom. The summed E-state index contributed by atoms with van der Waals surface area (Å²) in [5.41, 5.74) is 0.974.